The Labute approximate surface area is 95.8 Å². The maximum absolute atomic E-state index is 6.25. The van der Waals surface area contributed by atoms with Gasteiger partial charge in [-0.05, 0) is 25.2 Å². The molecule has 0 spiro atoms. The van der Waals surface area contributed by atoms with Crippen molar-refractivity contribution in [3.63, 3.8) is 0 Å². The van der Waals surface area contributed by atoms with Crippen LogP contribution in [0.1, 0.15) is 37.8 Å². The molecule has 84 valence electrons. The van der Waals surface area contributed by atoms with E-state index in [0.717, 1.165) is 18.5 Å². The zero-order valence-corrected chi connectivity index (χ0v) is 9.95. The van der Waals surface area contributed by atoms with Crippen LogP contribution in [0.25, 0.3) is 0 Å². The highest BCUT2D eigenvalue weighted by Gasteiger charge is 2.19. The van der Waals surface area contributed by atoms with E-state index < -0.39 is 0 Å². The fourth-order valence-corrected chi connectivity index (χ4v) is 2.76. The van der Waals surface area contributed by atoms with Gasteiger partial charge in [0.05, 0.1) is 11.9 Å². The summed E-state index contributed by atoms with van der Waals surface area (Å²) >= 11 is 6.25. The normalized spacial score (nSPS) is 27.6. The Balaban J connectivity index is 1.92. The molecule has 2 unspecified atom stereocenters. The number of nitrogens with zero attached hydrogens (tertiary/aromatic N) is 3. The van der Waals surface area contributed by atoms with E-state index in [9.17, 15) is 0 Å². The Morgan fingerprint density at radius 1 is 1.47 bits per heavy atom. The summed E-state index contributed by atoms with van der Waals surface area (Å²) in [6, 6.07) is 0. The highest BCUT2D eigenvalue weighted by atomic mass is 35.5. The van der Waals surface area contributed by atoms with Crippen LogP contribution < -0.4 is 0 Å². The molecule has 1 saturated carbocycles. The molecule has 1 heterocycles. The van der Waals surface area contributed by atoms with Gasteiger partial charge < -0.3 is 0 Å². The molecule has 2 atom stereocenters. The molecule has 3 nitrogen and oxygen atoms in total. The highest BCUT2D eigenvalue weighted by molar-refractivity contribution is 6.20. The molecule has 0 aliphatic heterocycles. The minimum Gasteiger partial charge on any atom is -0.188 e. The largest absolute Gasteiger partial charge is 0.188 e. The topological polar surface area (TPSA) is 30.7 Å². The van der Waals surface area contributed by atoms with Crippen LogP contribution in [0.2, 0.25) is 0 Å². The molecule has 1 fully saturated rings. The highest BCUT2D eigenvalue weighted by Crippen LogP contribution is 2.28. The molecule has 1 aliphatic rings. The van der Waals surface area contributed by atoms with E-state index in [4.69, 9.17) is 11.6 Å². The Morgan fingerprint density at radius 3 is 3.00 bits per heavy atom. The maximum Gasteiger partial charge on any atom is 0.0829 e. The molecule has 1 aromatic rings. The van der Waals surface area contributed by atoms with Gasteiger partial charge in [0.1, 0.15) is 0 Å². The smallest absolute Gasteiger partial charge is 0.0829 e. The monoisotopic (exact) mass is 227 g/mol. The Bertz CT molecular complexity index is 311. The van der Waals surface area contributed by atoms with Gasteiger partial charge in [-0.15, -0.1) is 11.6 Å². The SMILES string of the molecule is Cn1ncc(CC2CCCCC(Cl)C2)n1. The van der Waals surface area contributed by atoms with Crippen LogP contribution in [0.3, 0.4) is 0 Å². The lowest BCUT2D eigenvalue weighted by molar-refractivity contribution is 0.453. The van der Waals surface area contributed by atoms with Gasteiger partial charge in [0.2, 0.25) is 0 Å². The van der Waals surface area contributed by atoms with Crippen molar-refractivity contribution < 1.29 is 0 Å². The second-order valence-corrected chi connectivity index (χ2v) is 5.13. The van der Waals surface area contributed by atoms with E-state index >= 15 is 0 Å². The van der Waals surface area contributed by atoms with E-state index in [1.54, 1.807) is 4.80 Å². The summed E-state index contributed by atoms with van der Waals surface area (Å²) in [6.45, 7) is 0. The number of alkyl halides is 1. The lowest BCUT2D eigenvalue weighted by Crippen LogP contribution is -2.09. The summed E-state index contributed by atoms with van der Waals surface area (Å²) in [5.41, 5.74) is 1.10. The second-order valence-electron chi connectivity index (χ2n) is 4.51. The fraction of sp³-hybridized carbons (Fsp3) is 0.818. The first-order valence-electron chi connectivity index (χ1n) is 5.73. The van der Waals surface area contributed by atoms with E-state index in [2.05, 4.69) is 10.2 Å². The fourth-order valence-electron chi connectivity index (χ4n) is 2.36. The molecule has 0 radical (unpaired) electrons. The first kappa shape index (κ1) is 10.9. The molecule has 0 N–H and O–H groups in total. The second kappa shape index (κ2) is 4.97. The van der Waals surface area contributed by atoms with Gasteiger partial charge >= 0.3 is 0 Å². The average Bonchev–Trinajstić information content (AvgIpc) is 2.46. The number of hydrogen-bond acceptors (Lipinski definition) is 2. The van der Waals surface area contributed by atoms with Gasteiger partial charge in [0, 0.05) is 12.4 Å². The Morgan fingerprint density at radius 2 is 2.27 bits per heavy atom. The van der Waals surface area contributed by atoms with E-state index in [1.807, 2.05) is 13.2 Å². The molecular formula is C11H18ClN3. The molecular weight excluding hydrogens is 210 g/mol. The molecule has 1 aliphatic carbocycles. The number of aromatic nitrogens is 3. The Hall–Kier alpha value is -0.570. The standard InChI is InChI=1S/C11H18ClN3/c1-15-13-8-11(14-15)7-9-4-2-3-5-10(12)6-9/h8-10H,2-7H2,1H3. The third kappa shape index (κ3) is 3.20. The van der Waals surface area contributed by atoms with Crippen molar-refractivity contribution in [3.05, 3.63) is 11.9 Å². The molecule has 0 amide bonds. The van der Waals surface area contributed by atoms with Crippen molar-refractivity contribution in [2.75, 3.05) is 0 Å². The molecule has 0 aromatic carbocycles. The van der Waals surface area contributed by atoms with Crippen molar-refractivity contribution in [1.29, 1.82) is 0 Å². The van der Waals surface area contributed by atoms with Crippen molar-refractivity contribution in [3.8, 4) is 0 Å². The van der Waals surface area contributed by atoms with Crippen LogP contribution >= 0.6 is 11.6 Å². The van der Waals surface area contributed by atoms with E-state index in [1.165, 1.54) is 25.7 Å². The van der Waals surface area contributed by atoms with Gasteiger partial charge in [-0.1, -0.05) is 19.3 Å². The summed E-state index contributed by atoms with van der Waals surface area (Å²) in [7, 11) is 1.86. The number of rotatable bonds is 2. The van der Waals surface area contributed by atoms with Crippen LogP contribution in [0.5, 0.6) is 0 Å². The van der Waals surface area contributed by atoms with Gasteiger partial charge in [-0.3, -0.25) is 0 Å². The van der Waals surface area contributed by atoms with Crippen molar-refractivity contribution >= 4 is 11.6 Å². The average molecular weight is 228 g/mol. The lowest BCUT2D eigenvalue weighted by Gasteiger charge is -2.13. The van der Waals surface area contributed by atoms with Crippen LogP contribution in [0.4, 0.5) is 0 Å². The van der Waals surface area contributed by atoms with Crippen molar-refractivity contribution in [1.82, 2.24) is 15.0 Å². The zero-order valence-electron chi connectivity index (χ0n) is 9.19. The van der Waals surface area contributed by atoms with Crippen molar-refractivity contribution in [2.24, 2.45) is 13.0 Å². The predicted molar refractivity (Wildman–Crippen MR) is 60.9 cm³/mol. The summed E-state index contributed by atoms with van der Waals surface area (Å²) < 4.78 is 0. The lowest BCUT2D eigenvalue weighted by atomic mass is 9.95. The summed E-state index contributed by atoms with van der Waals surface area (Å²) in [4.78, 5) is 1.63. The summed E-state index contributed by atoms with van der Waals surface area (Å²) in [5.74, 6) is 0.701. The van der Waals surface area contributed by atoms with Gasteiger partial charge in [0.25, 0.3) is 0 Å². The third-order valence-corrected chi connectivity index (χ3v) is 3.51. The third-order valence-electron chi connectivity index (χ3n) is 3.11. The molecule has 15 heavy (non-hydrogen) atoms. The van der Waals surface area contributed by atoms with Crippen LogP contribution in [-0.4, -0.2) is 20.4 Å². The zero-order chi connectivity index (χ0) is 10.7. The van der Waals surface area contributed by atoms with E-state index in [-0.39, 0.29) is 0 Å². The summed E-state index contributed by atoms with van der Waals surface area (Å²) in [5, 5.41) is 8.79. The number of hydrogen-bond donors (Lipinski definition) is 0. The van der Waals surface area contributed by atoms with E-state index in [0.29, 0.717) is 11.3 Å². The Kier molecular flexibility index (Phi) is 3.62. The van der Waals surface area contributed by atoms with Crippen LogP contribution in [0.15, 0.2) is 6.20 Å². The van der Waals surface area contributed by atoms with Gasteiger partial charge in [-0.2, -0.15) is 15.0 Å². The first-order valence-corrected chi connectivity index (χ1v) is 6.17. The van der Waals surface area contributed by atoms with Crippen molar-refractivity contribution in [2.45, 2.75) is 43.9 Å². The predicted octanol–water partition coefficient (Wildman–Crippen LogP) is 2.55. The minimum atomic E-state index is 0.370. The minimum absolute atomic E-state index is 0.370. The number of aryl methyl sites for hydroxylation is 1. The molecule has 1 aromatic heterocycles. The molecule has 4 heteroatoms. The summed E-state index contributed by atoms with van der Waals surface area (Å²) in [6.07, 6.45) is 9.11. The quantitative estimate of drug-likeness (QED) is 0.574. The van der Waals surface area contributed by atoms with Crippen LogP contribution in [-0.2, 0) is 13.5 Å². The molecule has 2 rings (SSSR count). The maximum atomic E-state index is 6.25. The number of halogens is 1. The van der Waals surface area contributed by atoms with Crippen LogP contribution in [0, 0.1) is 5.92 Å². The molecule has 0 bridgehead atoms. The molecule has 0 saturated heterocycles. The van der Waals surface area contributed by atoms with Gasteiger partial charge in [-0.25, -0.2) is 0 Å². The van der Waals surface area contributed by atoms with Gasteiger partial charge in [0.15, 0.2) is 0 Å². The first-order chi connectivity index (χ1) is 7.24.